The van der Waals surface area contributed by atoms with Crippen molar-refractivity contribution < 1.29 is 13.2 Å². The predicted molar refractivity (Wildman–Crippen MR) is 148 cm³/mol. The topological polar surface area (TPSA) is 73.8 Å². The number of carbonyl (C=O) groups excluding carboxylic acids is 1. The van der Waals surface area contributed by atoms with Gasteiger partial charge in [0.25, 0.3) is 0 Å². The zero-order chi connectivity index (χ0) is 26.2. The average Bonchev–Trinajstić information content (AvgIpc) is 3.41. The second kappa shape index (κ2) is 11.0. The van der Waals surface area contributed by atoms with Crippen LogP contribution >= 0.6 is 22.9 Å². The number of nitrogens with zero attached hydrogens (tertiary/aromatic N) is 4. The minimum atomic E-state index is -3.98. The van der Waals surface area contributed by atoms with E-state index in [4.69, 9.17) is 11.6 Å². The maximum absolute atomic E-state index is 14.1. The van der Waals surface area contributed by atoms with E-state index >= 15 is 0 Å². The number of likely N-dealkylation sites (tertiary alicyclic amines) is 2. The molecule has 2 aliphatic rings. The lowest BCUT2D eigenvalue weighted by Crippen LogP contribution is -2.58. The Labute approximate surface area is 228 Å². The third-order valence-electron chi connectivity index (χ3n) is 7.64. The van der Waals surface area contributed by atoms with E-state index in [0.717, 1.165) is 43.1 Å². The molecule has 5 rings (SSSR count). The zero-order valence-corrected chi connectivity index (χ0v) is 23.6. The molecular weight excluding hydrogens is 528 g/mol. The van der Waals surface area contributed by atoms with E-state index in [1.54, 1.807) is 29.8 Å². The van der Waals surface area contributed by atoms with Crippen molar-refractivity contribution in [1.82, 2.24) is 19.1 Å². The van der Waals surface area contributed by atoms with E-state index in [1.807, 2.05) is 22.4 Å². The number of rotatable bonds is 7. The van der Waals surface area contributed by atoms with Crippen LogP contribution in [0.4, 0.5) is 0 Å². The van der Waals surface area contributed by atoms with Gasteiger partial charge < -0.3 is 9.80 Å². The van der Waals surface area contributed by atoms with Crippen molar-refractivity contribution in [2.75, 3.05) is 19.6 Å². The van der Waals surface area contributed by atoms with E-state index in [1.165, 1.54) is 15.6 Å². The van der Waals surface area contributed by atoms with Gasteiger partial charge in [-0.1, -0.05) is 23.7 Å². The highest BCUT2D eigenvalue weighted by Crippen LogP contribution is 2.31. The highest BCUT2D eigenvalue weighted by molar-refractivity contribution is 7.89. The quantitative estimate of drug-likeness (QED) is 0.406. The first-order valence-electron chi connectivity index (χ1n) is 12.9. The summed E-state index contributed by atoms with van der Waals surface area (Å²) in [7, 11) is -3.98. The molecule has 1 atom stereocenters. The van der Waals surface area contributed by atoms with Gasteiger partial charge in [-0.3, -0.25) is 4.79 Å². The summed E-state index contributed by atoms with van der Waals surface area (Å²) in [6.45, 7) is 7.07. The Balaban J connectivity index is 1.45. The molecule has 1 amide bonds. The summed E-state index contributed by atoms with van der Waals surface area (Å²) in [4.78, 5) is 22.8. The number of aromatic nitrogens is 1. The molecule has 0 aliphatic carbocycles. The molecule has 2 aliphatic heterocycles. The highest BCUT2D eigenvalue weighted by atomic mass is 35.5. The first-order chi connectivity index (χ1) is 17.7. The van der Waals surface area contributed by atoms with Crippen LogP contribution in [0.25, 0.3) is 10.8 Å². The van der Waals surface area contributed by atoms with Gasteiger partial charge in [-0.2, -0.15) is 4.31 Å². The monoisotopic (exact) mass is 560 g/mol. The Morgan fingerprint density at radius 3 is 2.51 bits per heavy atom. The fraction of sp³-hybridized carbons (Fsp3) is 0.481. The van der Waals surface area contributed by atoms with Crippen LogP contribution in [0.15, 0.2) is 52.2 Å². The van der Waals surface area contributed by atoms with Gasteiger partial charge in [-0.25, -0.2) is 13.4 Å². The number of hydrogen-bond donors (Lipinski definition) is 0. The minimum absolute atomic E-state index is 0.0700. The smallest absolute Gasteiger partial charge is 0.244 e. The van der Waals surface area contributed by atoms with Gasteiger partial charge in [0.1, 0.15) is 6.04 Å². The number of fused-ring (bicyclic) bond motifs is 1. The molecule has 37 heavy (non-hydrogen) atoms. The fourth-order valence-corrected chi connectivity index (χ4v) is 7.90. The molecule has 0 N–H and O–H groups in total. The number of thiazole rings is 1. The molecule has 0 bridgehead atoms. The molecule has 7 nitrogen and oxygen atoms in total. The maximum Gasteiger partial charge on any atom is 0.244 e. The SMILES string of the molecule is CC(C)N1CCC(N2CCCC(N(Cc3cscn3)S(=O)(=O)c3ccc4cc(Cl)ccc4c3)C2=O)CC1. The normalized spacial score (nSPS) is 20.4. The molecule has 3 heterocycles. The van der Waals surface area contributed by atoms with Crippen LogP contribution in [0.2, 0.25) is 5.02 Å². The first kappa shape index (κ1) is 26.6. The molecular formula is C27H33ClN4O3S2. The second-order valence-corrected chi connectivity index (χ2v) is 13.3. The third-order valence-corrected chi connectivity index (χ3v) is 10.4. The van der Waals surface area contributed by atoms with Crippen molar-refractivity contribution in [3.63, 3.8) is 0 Å². The number of benzene rings is 2. The molecule has 0 saturated carbocycles. The fourth-order valence-electron chi connectivity index (χ4n) is 5.55. The number of halogens is 1. The lowest BCUT2D eigenvalue weighted by Gasteiger charge is -2.44. The van der Waals surface area contributed by atoms with Crippen molar-refractivity contribution >= 4 is 49.6 Å². The Morgan fingerprint density at radius 1 is 1.08 bits per heavy atom. The van der Waals surface area contributed by atoms with Gasteiger partial charge in [0.2, 0.25) is 15.9 Å². The molecule has 0 spiro atoms. The van der Waals surface area contributed by atoms with E-state index in [9.17, 15) is 13.2 Å². The van der Waals surface area contributed by atoms with Crippen LogP contribution in [0.1, 0.15) is 45.2 Å². The van der Waals surface area contributed by atoms with Gasteiger partial charge in [-0.05, 0) is 74.6 Å². The molecule has 2 fully saturated rings. The Kier molecular flexibility index (Phi) is 7.88. The summed E-state index contributed by atoms with van der Waals surface area (Å²) in [5.74, 6) is -0.0828. The summed E-state index contributed by atoms with van der Waals surface area (Å²) in [5, 5.41) is 4.09. The van der Waals surface area contributed by atoms with Crippen LogP contribution < -0.4 is 0 Å². The van der Waals surface area contributed by atoms with E-state index < -0.39 is 16.1 Å². The lowest BCUT2D eigenvalue weighted by molar-refractivity contribution is -0.142. The third kappa shape index (κ3) is 5.56. The zero-order valence-electron chi connectivity index (χ0n) is 21.2. The Bertz CT molecular complexity index is 1360. The van der Waals surface area contributed by atoms with Gasteiger partial charge in [-0.15, -0.1) is 11.3 Å². The first-order valence-corrected chi connectivity index (χ1v) is 15.6. The van der Waals surface area contributed by atoms with Crippen molar-refractivity contribution in [2.45, 2.75) is 69.1 Å². The molecule has 1 aromatic heterocycles. The van der Waals surface area contributed by atoms with Crippen LogP contribution in [-0.2, 0) is 21.4 Å². The molecule has 1 unspecified atom stereocenters. The van der Waals surface area contributed by atoms with Gasteiger partial charge in [0.15, 0.2) is 0 Å². The number of amides is 1. The number of carbonyl (C=O) groups is 1. The summed E-state index contributed by atoms with van der Waals surface area (Å²) in [5.41, 5.74) is 2.34. The van der Waals surface area contributed by atoms with Crippen molar-refractivity contribution in [3.05, 3.63) is 58.0 Å². The van der Waals surface area contributed by atoms with Crippen molar-refractivity contribution in [2.24, 2.45) is 0 Å². The van der Waals surface area contributed by atoms with Gasteiger partial charge in [0, 0.05) is 42.1 Å². The second-order valence-electron chi connectivity index (χ2n) is 10.2. The van der Waals surface area contributed by atoms with E-state index in [2.05, 4.69) is 23.7 Å². The van der Waals surface area contributed by atoms with Crippen LogP contribution in [0.5, 0.6) is 0 Å². The summed E-state index contributed by atoms with van der Waals surface area (Å²) in [6.07, 6.45) is 3.12. The molecule has 2 aromatic carbocycles. The van der Waals surface area contributed by atoms with E-state index in [0.29, 0.717) is 29.7 Å². The Hall–Kier alpha value is -2.04. The number of hydrogen-bond acceptors (Lipinski definition) is 6. The van der Waals surface area contributed by atoms with Crippen molar-refractivity contribution in [3.8, 4) is 0 Å². The average molecular weight is 561 g/mol. The van der Waals surface area contributed by atoms with Crippen LogP contribution in [-0.4, -0.2) is 71.2 Å². The summed E-state index contributed by atoms with van der Waals surface area (Å²) >= 11 is 7.54. The molecule has 10 heteroatoms. The molecule has 3 aromatic rings. The Morgan fingerprint density at radius 2 is 1.81 bits per heavy atom. The molecule has 2 saturated heterocycles. The molecule has 0 radical (unpaired) electrons. The largest absolute Gasteiger partial charge is 0.338 e. The van der Waals surface area contributed by atoms with Gasteiger partial charge >= 0.3 is 0 Å². The van der Waals surface area contributed by atoms with E-state index in [-0.39, 0.29) is 23.4 Å². The predicted octanol–water partition coefficient (Wildman–Crippen LogP) is 5.00. The van der Waals surface area contributed by atoms with Crippen LogP contribution in [0.3, 0.4) is 0 Å². The molecule has 198 valence electrons. The number of piperidine rings is 2. The maximum atomic E-state index is 14.1. The van der Waals surface area contributed by atoms with Gasteiger partial charge in [0.05, 0.1) is 22.6 Å². The lowest BCUT2D eigenvalue weighted by atomic mass is 9.96. The summed E-state index contributed by atoms with van der Waals surface area (Å²) in [6, 6.07) is 10.3. The van der Waals surface area contributed by atoms with Crippen LogP contribution in [0, 0.1) is 0 Å². The standard InChI is InChI=1S/C27H33ClN4O3S2/c1-19(2)30-12-9-24(10-13-30)31-11-3-4-26(27(31)33)32(16-23-17-36-18-29-23)37(34,35)25-8-6-20-14-22(28)7-5-21(20)15-25/h5-8,14-15,17-19,24,26H,3-4,9-13,16H2,1-2H3. The number of sulfonamides is 1. The highest BCUT2D eigenvalue weighted by Gasteiger charge is 2.42. The van der Waals surface area contributed by atoms with Crippen molar-refractivity contribution in [1.29, 1.82) is 0 Å². The summed E-state index contributed by atoms with van der Waals surface area (Å²) < 4.78 is 29.6. The minimum Gasteiger partial charge on any atom is -0.338 e.